The van der Waals surface area contributed by atoms with Crippen molar-refractivity contribution in [3.63, 3.8) is 0 Å². The van der Waals surface area contributed by atoms with Crippen LogP contribution in [-0.4, -0.2) is 31.6 Å². The second-order valence-corrected chi connectivity index (χ2v) is 4.30. The lowest BCUT2D eigenvalue weighted by atomic mass is 10.0. The van der Waals surface area contributed by atoms with Crippen molar-refractivity contribution in [3.05, 3.63) is 41.6 Å². The topological polar surface area (TPSA) is 29.5 Å². The van der Waals surface area contributed by atoms with Gasteiger partial charge >= 0.3 is 12.1 Å². The molecule has 0 aliphatic heterocycles. The number of rotatable bonds is 4. The zero-order valence-electron chi connectivity index (χ0n) is 11.5. The van der Waals surface area contributed by atoms with Crippen molar-refractivity contribution in [1.82, 2.24) is 4.90 Å². The van der Waals surface area contributed by atoms with E-state index in [2.05, 4.69) is 0 Å². The van der Waals surface area contributed by atoms with Crippen molar-refractivity contribution in [3.8, 4) is 0 Å². The summed E-state index contributed by atoms with van der Waals surface area (Å²) in [4.78, 5) is 13.5. The number of carbonyl (C=O) groups excluding carboxylic acids is 1. The molecule has 0 radical (unpaired) electrons. The molecule has 6 heteroatoms. The van der Waals surface area contributed by atoms with Crippen molar-refractivity contribution >= 4 is 11.5 Å². The van der Waals surface area contributed by atoms with Gasteiger partial charge in [0, 0.05) is 20.3 Å². The summed E-state index contributed by atoms with van der Waals surface area (Å²) in [5, 5.41) is 0. The normalized spacial score (nSPS) is 12.2. The van der Waals surface area contributed by atoms with Crippen LogP contribution in [0.1, 0.15) is 18.1 Å². The highest BCUT2D eigenvalue weighted by atomic mass is 19.4. The van der Waals surface area contributed by atoms with Crippen LogP contribution in [-0.2, 0) is 15.7 Å². The van der Waals surface area contributed by atoms with Gasteiger partial charge in [0.25, 0.3) is 0 Å². The van der Waals surface area contributed by atoms with Gasteiger partial charge in [0.1, 0.15) is 0 Å². The quantitative estimate of drug-likeness (QED) is 0.629. The van der Waals surface area contributed by atoms with Gasteiger partial charge in [-0.1, -0.05) is 12.1 Å². The second-order valence-electron chi connectivity index (χ2n) is 4.30. The summed E-state index contributed by atoms with van der Waals surface area (Å²) in [5.74, 6) is -0.569. The molecule has 0 aliphatic carbocycles. The Hall–Kier alpha value is -1.98. The maximum absolute atomic E-state index is 12.5. The Morgan fingerprint density at radius 3 is 2.20 bits per heavy atom. The van der Waals surface area contributed by atoms with Crippen LogP contribution in [0.5, 0.6) is 0 Å². The fourth-order valence-corrected chi connectivity index (χ4v) is 1.55. The molecule has 1 aromatic rings. The van der Waals surface area contributed by atoms with Crippen LogP contribution in [0.4, 0.5) is 13.2 Å². The zero-order chi connectivity index (χ0) is 15.3. The van der Waals surface area contributed by atoms with Crippen LogP contribution >= 0.6 is 0 Å². The maximum atomic E-state index is 12.5. The van der Waals surface area contributed by atoms with Gasteiger partial charge in [0.15, 0.2) is 0 Å². The minimum Gasteiger partial charge on any atom is -0.462 e. The number of alkyl halides is 3. The van der Waals surface area contributed by atoms with Crippen LogP contribution < -0.4 is 0 Å². The molecule has 0 aliphatic rings. The minimum atomic E-state index is -4.39. The van der Waals surface area contributed by atoms with Crippen molar-refractivity contribution in [2.24, 2.45) is 0 Å². The average molecular weight is 287 g/mol. The first-order chi connectivity index (χ1) is 9.25. The number of ether oxygens (including phenoxy) is 1. The van der Waals surface area contributed by atoms with Crippen molar-refractivity contribution < 1.29 is 22.7 Å². The van der Waals surface area contributed by atoms with Gasteiger partial charge in [-0.3, -0.25) is 0 Å². The Labute approximate surface area is 115 Å². The van der Waals surface area contributed by atoms with E-state index >= 15 is 0 Å². The lowest BCUT2D eigenvalue weighted by molar-refractivity contribution is -0.137. The maximum Gasteiger partial charge on any atom is 0.416 e. The van der Waals surface area contributed by atoms with Crippen LogP contribution in [0, 0.1) is 0 Å². The van der Waals surface area contributed by atoms with E-state index in [1.807, 2.05) is 0 Å². The number of carbonyl (C=O) groups is 1. The van der Waals surface area contributed by atoms with Gasteiger partial charge in [0.05, 0.1) is 17.7 Å². The predicted molar refractivity (Wildman–Crippen MR) is 69.7 cm³/mol. The monoisotopic (exact) mass is 287 g/mol. The Balaban J connectivity index is 3.13. The van der Waals surface area contributed by atoms with Gasteiger partial charge in [-0.25, -0.2) is 4.79 Å². The summed E-state index contributed by atoms with van der Waals surface area (Å²) in [6.45, 7) is 1.86. The summed E-state index contributed by atoms with van der Waals surface area (Å²) in [7, 11) is 3.42. The molecule has 0 bridgehead atoms. The Bertz CT molecular complexity index is 490. The largest absolute Gasteiger partial charge is 0.462 e. The molecule has 0 fully saturated rings. The van der Waals surface area contributed by atoms with Crippen LogP contribution in [0.25, 0.3) is 5.57 Å². The molecule has 0 saturated heterocycles. The molecule has 20 heavy (non-hydrogen) atoms. The Kier molecular flexibility index (Phi) is 5.19. The molecular weight excluding hydrogens is 271 g/mol. The predicted octanol–water partition coefficient (Wildman–Crippen LogP) is 3.17. The molecule has 0 saturated carbocycles. The molecule has 1 rings (SSSR count). The van der Waals surface area contributed by atoms with Gasteiger partial charge in [-0.2, -0.15) is 13.2 Å². The number of hydrogen-bond donors (Lipinski definition) is 0. The SMILES string of the molecule is CCOC(=O)C(=CN(C)C)c1ccc(C(F)(F)F)cc1. The molecule has 0 atom stereocenters. The van der Waals surface area contributed by atoms with E-state index in [0.29, 0.717) is 5.56 Å². The summed E-state index contributed by atoms with van der Waals surface area (Å²) in [6.07, 6.45) is -2.88. The number of benzene rings is 1. The number of halogens is 3. The van der Waals surface area contributed by atoms with E-state index in [1.54, 1.807) is 25.9 Å². The average Bonchev–Trinajstić information content (AvgIpc) is 2.35. The first-order valence-corrected chi connectivity index (χ1v) is 5.98. The smallest absolute Gasteiger partial charge is 0.416 e. The summed E-state index contributed by atoms with van der Waals surface area (Å²) in [6, 6.07) is 4.40. The third-order valence-corrected chi connectivity index (χ3v) is 2.41. The Morgan fingerprint density at radius 1 is 1.25 bits per heavy atom. The molecule has 1 aromatic carbocycles. The fourth-order valence-electron chi connectivity index (χ4n) is 1.55. The zero-order valence-corrected chi connectivity index (χ0v) is 11.5. The standard InChI is InChI=1S/C14H16F3NO2/c1-4-20-13(19)12(9-18(2)3)10-5-7-11(8-6-10)14(15,16)17/h5-9H,4H2,1-3H3. The lowest BCUT2D eigenvalue weighted by Gasteiger charge is -2.12. The first-order valence-electron chi connectivity index (χ1n) is 5.98. The van der Waals surface area contributed by atoms with Crippen LogP contribution in [0.3, 0.4) is 0 Å². The van der Waals surface area contributed by atoms with Gasteiger partial charge in [-0.05, 0) is 24.6 Å². The van der Waals surface area contributed by atoms with Crippen molar-refractivity contribution in [1.29, 1.82) is 0 Å². The molecule has 0 amide bonds. The van der Waals surface area contributed by atoms with Crippen molar-refractivity contribution in [2.45, 2.75) is 13.1 Å². The number of hydrogen-bond acceptors (Lipinski definition) is 3. The molecule has 110 valence electrons. The number of esters is 1. The molecule has 0 N–H and O–H groups in total. The first kappa shape index (κ1) is 16.1. The third kappa shape index (κ3) is 4.29. The highest BCUT2D eigenvalue weighted by Gasteiger charge is 2.30. The minimum absolute atomic E-state index is 0.199. The summed E-state index contributed by atoms with van der Waals surface area (Å²) in [5.41, 5.74) is -0.162. The summed E-state index contributed by atoms with van der Waals surface area (Å²) >= 11 is 0. The highest BCUT2D eigenvalue weighted by Crippen LogP contribution is 2.30. The van der Waals surface area contributed by atoms with E-state index in [4.69, 9.17) is 4.74 Å². The molecule has 0 aromatic heterocycles. The van der Waals surface area contributed by atoms with E-state index in [9.17, 15) is 18.0 Å². The highest BCUT2D eigenvalue weighted by molar-refractivity contribution is 6.16. The van der Waals surface area contributed by atoms with E-state index in [1.165, 1.54) is 18.3 Å². The van der Waals surface area contributed by atoms with Gasteiger partial charge in [0.2, 0.25) is 0 Å². The third-order valence-electron chi connectivity index (χ3n) is 2.41. The summed E-state index contributed by atoms with van der Waals surface area (Å²) < 4.78 is 42.4. The van der Waals surface area contributed by atoms with Crippen LogP contribution in [0.2, 0.25) is 0 Å². The Morgan fingerprint density at radius 2 is 1.80 bits per heavy atom. The van der Waals surface area contributed by atoms with Crippen molar-refractivity contribution in [2.75, 3.05) is 20.7 Å². The number of nitrogens with zero attached hydrogens (tertiary/aromatic N) is 1. The van der Waals surface area contributed by atoms with Gasteiger partial charge in [-0.15, -0.1) is 0 Å². The van der Waals surface area contributed by atoms with E-state index in [0.717, 1.165) is 12.1 Å². The van der Waals surface area contributed by atoms with E-state index < -0.39 is 17.7 Å². The van der Waals surface area contributed by atoms with Crippen LogP contribution in [0.15, 0.2) is 30.5 Å². The van der Waals surface area contributed by atoms with E-state index in [-0.39, 0.29) is 12.2 Å². The molecule has 3 nitrogen and oxygen atoms in total. The second kappa shape index (κ2) is 6.45. The lowest BCUT2D eigenvalue weighted by Crippen LogP contribution is -2.12. The van der Waals surface area contributed by atoms with Gasteiger partial charge < -0.3 is 9.64 Å². The fraction of sp³-hybridized carbons (Fsp3) is 0.357. The molecule has 0 unspecified atom stereocenters. The molecule has 0 spiro atoms. The molecular formula is C14H16F3NO2. The molecule has 0 heterocycles.